The number of nitrogens with zero attached hydrogens (tertiary/aromatic N) is 1. The van der Waals surface area contributed by atoms with Gasteiger partial charge in [-0.3, -0.25) is 0 Å². The highest BCUT2D eigenvalue weighted by atomic mass is 35.5. The summed E-state index contributed by atoms with van der Waals surface area (Å²) < 4.78 is 6.05. The monoisotopic (exact) mass is 257 g/mol. The number of hydrogen-bond acceptors (Lipinski definition) is 2. The van der Waals surface area contributed by atoms with Crippen molar-refractivity contribution in [2.45, 2.75) is 45.5 Å². The molecule has 0 N–H and O–H groups in total. The van der Waals surface area contributed by atoms with Crippen molar-refractivity contribution in [1.82, 2.24) is 4.98 Å². The van der Waals surface area contributed by atoms with E-state index in [1.54, 1.807) is 6.07 Å². The maximum absolute atomic E-state index is 6.05. The molecule has 0 saturated carbocycles. The van der Waals surface area contributed by atoms with Crippen LogP contribution in [0.1, 0.15) is 26.5 Å². The van der Waals surface area contributed by atoms with Crippen molar-refractivity contribution in [1.29, 1.82) is 0 Å². The molecular formula is C12H20ClNOSi. The van der Waals surface area contributed by atoms with Crippen molar-refractivity contribution in [2.75, 3.05) is 0 Å². The Balaban J connectivity index is 2.65. The predicted octanol–water partition coefficient (Wildman–Crippen LogP) is 4.26. The molecule has 0 spiro atoms. The van der Waals surface area contributed by atoms with Gasteiger partial charge in [0.25, 0.3) is 0 Å². The molecule has 1 aromatic heterocycles. The van der Waals surface area contributed by atoms with Crippen LogP contribution in [0.25, 0.3) is 0 Å². The van der Waals surface area contributed by atoms with E-state index in [0.717, 1.165) is 5.69 Å². The van der Waals surface area contributed by atoms with Crippen molar-refractivity contribution in [3.05, 3.63) is 29.0 Å². The number of halogens is 1. The van der Waals surface area contributed by atoms with Gasteiger partial charge < -0.3 is 4.43 Å². The molecule has 0 saturated heterocycles. The molecule has 0 aliphatic carbocycles. The van der Waals surface area contributed by atoms with E-state index in [4.69, 9.17) is 16.0 Å². The lowest BCUT2D eigenvalue weighted by Crippen LogP contribution is -2.40. The fourth-order valence-corrected chi connectivity index (χ4v) is 2.12. The Labute approximate surface area is 104 Å². The maximum atomic E-state index is 6.05. The van der Waals surface area contributed by atoms with Crippen LogP contribution in [-0.4, -0.2) is 13.3 Å². The summed E-state index contributed by atoms with van der Waals surface area (Å²) in [4.78, 5) is 4.22. The molecule has 1 rings (SSSR count). The summed E-state index contributed by atoms with van der Waals surface area (Å²) in [6.07, 6.45) is 0. The van der Waals surface area contributed by atoms with Crippen LogP contribution in [0.2, 0.25) is 23.3 Å². The second kappa shape index (κ2) is 4.86. The molecule has 4 heteroatoms. The van der Waals surface area contributed by atoms with Crippen LogP contribution in [0.3, 0.4) is 0 Å². The third-order valence-corrected chi connectivity index (χ3v) is 7.85. The molecular weight excluding hydrogens is 238 g/mol. The third kappa shape index (κ3) is 3.58. The van der Waals surface area contributed by atoms with E-state index >= 15 is 0 Å². The van der Waals surface area contributed by atoms with Crippen LogP contribution < -0.4 is 0 Å². The Hall–Kier alpha value is -0.383. The van der Waals surface area contributed by atoms with Crippen molar-refractivity contribution in [2.24, 2.45) is 0 Å². The first-order valence-corrected chi connectivity index (χ1v) is 8.76. The Bertz CT molecular complexity index is 360. The number of hydrogen-bond donors (Lipinski definition) is 0. The Morgan fingerprint density at radius 3 is 2.44 bits per heavy atom. The summed E-state index contributed by atoms with van der Waals surface area (Å²) >= 11 is 5.83. The first-order chi connectivity index (χ1) is 7.22. The Morgan fingerprint density at radius 1 is 1.31 bits per heavy atom. The first-order valence-electron chi connectivity index (χ1n) is 5.48. The van der Waals surface area contributed by atoms with Crippen LogP contribution in [0.5, 0.6) is 0 Å². The molecule has 1 aromatic rings. The van der Waals surface area contributed by atoms with E-state index in [2.05, 4.69) is 38.8 Å². The molecule has 2 nitrogen and oxygen atoms in total. The predicted molar refractivity (Wildman–Crippen MR) is 71.2 cm³/mol. The van der Waals surface area contributed by atoms with Crippen LogP contribution in [-0.2, 0) is 11.0 Å². The van der Waals surface area contributed by atoms with Crippen LogP contribution >= 0.6 is 11.6 Å². The summed E-state index contributed by atoms with van der Waals surface area (Å²) in [5.41, 5.74) is 0.900. The van der Waals surface area contributed by atoms with E-state index < -0.39 is 8.32 Å². The zero-order valence-electron chi connectivity index (χ0n) is 10.7. The minimum absolute atomic E-state index is 0.228. The number of rotatable bonds is 3. The summed E-state index contributed by atoms with van der Waals surface area (Å²) in [6, 6.07) is 5.62. The van der Waals surface area contributed by atoms with Crippen LogP contribution in [0.4, 0.5) is 0 Å². The average Bonchev–Trinajstić information content (AvgIpc) is 2.13. The second-order valence-electron chi connectivity index (χ2n) is 5.50. The fourth-order valence-electron chi connectivity index (χ4n) is 1.00. The van der Waals surface area contributed by atoms with E-state index in [1.165, 1.54) is 0 Å². The SMILES string of the molecule is CC(C)(C)[Si](C)(C)OCc1cccc(Cl)n1. The summed E-state index contributed by atoms with van der Waals surface area (Å²) in [5.74, 6) is 0. The largest absolute Gasteiger partial charge is 0.411 e. The fraction of sp³-hybridized carbons (Fsp3) is 0.583. The van der Waals surface area contributed by atoms with Gasteiger partial charge in [-0.25, -0.2) is 4.98 Å². The van der Waals surface area contributed by atoms with E-state index in [9.17, 15) is 0 Å². The summed E-state index contributed by atoms with van der Waals surface area (Å²) in [5, 5.41) is 0.752. The van der Waals surface area contributed by atoms with Crippen LogP contribution in [0, 0.1) is 0 Å². The molecule has 0 fully saturated rings. The molecule has 1 heterocycles. The molecule has 16 heavy (non-hydrogen) atoms. The van der Waals surface area contributed by atoms with Gasteiger partial charge in [-0.05, 0) is 30.3 Å². The van der Waals surface area contributed by atoms with Gasteiger partial charge in [0, 0.05) is 0 Å². The standard InChI is InChI=1S/C12H20ClNOSi/c1-12(2,3)16(4,5)15-9-10-7-6-8-11(13)14-10/h6-8H,9H2,1-5H3. The lowest BCUT2D eigenvalue weighted by atomic mass is 10.2. The van der Waals surface area contributed by atoms with Gasteiger partial charge in [0.15, 0.2) is 8.32 Å². The molecule has 0 aromatic carbocycles. The van der Waals surface area contributed by atoms with Gasteiger partial charge in [-0.1, -0.05) is 38.4 Å². The summed E-state index contributed by atoms with van der Waals surface area (Å²) in [7, 11) is -1.69. The average molecular weight is 258 g/mol. The normalized spacial score (nSPS) is 12.9. The molecule has 0 bridgehead atoms. The van der Waals surface area contributed by atoms with Crippen molar-refractivity contribution in [3.63, 3.8) is 0 Å². The van der Waals surface area contributed by atoms with E-state index in [0.29, 0.717) is 11.8 Å². The van der Waals surface area contributed by atoms with E-state index in [-0.39, 0.29) is 5.04 Å². The number of aromatic nitrogens is 1. The topological polar surface area (TPSA) is 22.1 Å². The van der Waals surface area contributed by atoms with Crippen LogP contribution in [0.15, 0.2) is 18.2 Å². The van der Waals surface area contributed by atoms with Gasteiger partial charge in [0.2, 0.25) is 0 Å². The smallest absolute Gasteiger partial charge is 0.192 e. The van der Waals surface area contributed by atoms with E-state index in [1.807, 2.05) is 12.1 Å². The number of pyridine rings is 1. The molecule has 0 atom stereocenters. The van der Waals surface area contributed by atoms with Gasteiger partial charge in [-0.2, -0.15) is 0 Å². The lowest BCUT2D eigenvalue weighted by Gasteiger charge is -2.36. The highest BCUT2D eigenvalue weighted by molar-refractivity contribution is 6.74. The van der Waals surface area contributed by atoms with Gasteiger partial charge in [0.05, 0.1) is 12.3 Å². The van der Waals surface area contributed by atoms with Gasteiger partial charge >= 0.3 is 0 Å². The highest BCUT2D eigenvalue weighted by Crippen LogP contribution is 2.36. The lowest BCUT2D eigenvalue weighted by molar-refractivity contribution is 0.272. The third-order valence-electron chi connectivity index (χ3n) is 3.16. The minimum atomic E-state index is -1.69. The molecule has 0 aliphatic heterocycles. The molecule has 0 amide bonds. The van der Waals surface area contributed by atoms with Gasteiger partial charge in [0.1, 0.15) is 5.15 Å². The highest BCUT2D eigenvalue weighted by Gasteiger charge is 2.37. The molecule has 90 valence electrons. The maximum Gasteiger partial charge on any atom is 0.192 e. The van der Waals surface area contributed by atoms with Crippen molar-refractivity contribution in [3.8, 4) is 0 Å². The summed E-state index contributed by atoms with van der Waals surface area (Å²) in [6.45, 7) is 11.7. The van der Waals surface area contributed by atoms with Gasteiger partial charge in [-0.15, -0.1) is 0 Å². The quantitative estimate of drug-likeness (QED) is 0.596. The molecule has 0 aliphatic rings. The van der Waals surface area contributed by atoms with Crippen molar-refractivity contribution >= 4 is 19.9 Å². The first kappa shape index (κ1) is 13.7. The zero-order chi connectivity index (χ0) is 12.4. The van der Waals surface area contributed by atoms with Crippen molar-refractivity contribution < 1.29 is 4.43 Å². The minimum Gasteiger partial charge on any atom is -0.411 e. The molecule has 0 unspecified atom stereocenters. The Kier molecular flexibility index (Phi) is 4.15. The Morgan fingerprint density at radius 2 is 1.94 bits per heavy atom. The zero-order valence-corrected chi connectivity index (χ0v) is 12.4. The second-order valence-corrected chi connectivity index (χ2v) is 10.7. The molecule has 0 radical (unpaired) electrons.